The van der Waals surface area contributed by atoms with Crippen molar-refractivity contribution in [2.75, 3.05) is 13.2 Å². The van der Waals surface area contributed by atoms with Gasteiger partial charge in [0.1, 0.15) is 19.3 Å². The Morgan fingerprint density at radius 3 is 1.73 bits per heavy atom. The zero-order valence-electron chi connectivity index (χ0n) is 27.6. The summed E-state index contributed by atoms with van der Waals surface area (Å²) >= 11 is 0. The molecule has 1 aliphatic heterocycles. The number of carbonyl (C=O) groups excluding carboxylic acids is 7. The third-order valence-electron chi connectivity index (χ3n) is 7.81. The number of hydrogen-bond acceptors (Lipinski definition) is 13. The molecule has 1 saturated heterocycles. The van der Waals surface area contributed by atoms with E-state index in [1.165, 1.54) is 6.92 Å². The summed E-state index contributed by atoms with van der Waals surface area (Å²) in [4.78, 5) is 86.3. The third-order valence-corrected chi connectivity index (χ3v) is 7.81. The molecule has 49 heavy (non-hydrogen) atoms. The number of carbonyl (C=O) groups is 7. The first kappa shape index (κ1) is 36.5. The van der Waals surface area contributed by atoms with Gasteiger partial charge in [0.25, 0.3) is 0 Å². The molecule has 1 fully saturated rings. The SMILES string of the molecule is CC(=O)OCC1O[C@@H](NC(=O)C[C@@H](NC(=O)OCC2c3ccccc3-c3ccccc32)C(C)=O)C(OC(C)=O)[C@@H](OC(C)=O)[C@H]1OC(C)=O. The Kier molecular flexibility index (Phi) is 12.1. The smallest absolute Gasteiger partial charge is 0.407 e. The average molecular weight is 683 g/mol. The molecule has 4 rings (SSSR count). The summed E-state index contributed by atoms with van der Waals surface area (Å²) in [5, 5.41) is 4.89. The Morgan fingerprint density at radius 1 is 0.673 bits per heavy atom. The van der Waals surface area contributed by atoms with Gasteiger partial charge in [0.15, 0.2) is 30.3 Å². The summed E-state index contributed by atoms with van der Waals surface area (Å²) in [6.07, 6.45) is -8.83. The highest BCUT2D eigenvalue weighted by Gasteiger charge is 2.52. The first-order valence-electron chi connectivity index (χ1n) is 15.5. The van der Waals surface area contributed by atoms with E-state index in [1.54, 1.807) is 0 Å². The van der Waals surface area contributed by atoms with Crippen LogP contribution in [0.1, 0.15) is 58.1 Å². The number of Topliss-reactive ketones (excluding diaryl/α,β-unsaturated/α-hetero) is 1. The molecule has 0 saturated carbocycles. The molecule has 2 aromatic rings. The molecule has 0 spiro atoms. The normalized spacial score (nSPS) is 21.5. The Labute approximate surface area is 281 Å². The van der Waals surface area contributed by atoms with Gasteiger partial charge in [-0.15, -0.1) is 0 Å². The second-order valence-corrected chi connectivity index (χ2v) is 11.5. The van der Waals surface area contributed by atoms with E-state index in [1.807, 2.05) is 48.5 Å². The molecule has 0 aromatic heterocycles. The molecule has 0 radical (unpaired) electrons. The zero-order chi connectivity index (χ0) is 35.8. The van der Waals surface area contributed by atoms with Crippen LogP contribution in [0.5, 0.6) is 0 Å². The van der Waals surface area contributed by atoms with Crippen LogP contribution >= 0.6 is 0 Å². The van der Waals surface area contributed by atoms with Gasteiger partial charge < -0.3 is 39.1 Å². The number of nitrogens with one attached hydrogen (secondary N) is 2. The van der Waals surface area contributed by atoms with Crippen molar-refractivity contribution < 1.29 is 62.0 Å². The molecule has 1 aliphatic carbocycles. The van der Waals surface area contributed by atoms with E-state index in [9.17, 15) is 33.6 Å². The lowest BCUT2D eigenvalue weighted by Crippen LogP contribution is -2.66. The topological polar surface area (TPSA) is 199 Å². The molecular weight excluding hydrogens is 644 g/mol. The van der Waals surface area contributed by atoms with Crippen molar-refractivity contribution in [3.8, 4) is 11.1 Å². The number of ketones is 1. The minimum Gasteiger partial charge on any atom is -0.463 e. The molecular formula is C34H38N2O13. The highest BCUT2D eigenvalue weighted by Crippen LogP contribution is 2.44. The van der Waals surface area contributed by atoms with Crippen molar-refractivity contribution in [1.82, 2.24) is 10.6 Å². The monoisotopic (exact) mass is 682 g/mol. The minimum atomic E-state index is -1.55. The number of fused-ring (bicyclic) bond motifs is 3. The second-order valence-electron chi connectivity index (χ2n) is 11.5. The molecule has 2 aromatic carbocycles. The van der Waals surface area contributed by atoms with E-state index < -0.39 is 91.4 Å². The standard InChI is InChI=1S/C34H38N2O13/c1-17(37)27(35-34(43)45-15-26-24-12-8-6-10-22(24)23-11-7-9-13-25(23)26)14-29(42)36-33-32(48-21(5)41)31(47-20(4)40)30(46-19(3)39)28(49-33)16-44-18(2)38/h6-13,26-28,30-33H,14-16H2,1-5H3,(H,35,43)(H,36,42)/t27-,28?,30+,31+,32?,33-/m1/s1. The Balaban J connectivity index is 1.46. The van der Waals surface area contributed by atoms with Crippen molar-refractivity contribution in [2.24, 2.45) is 0 Å². The van der Waals surface area contributed by atoms with E-state index in [4.69, 9.17) is 28.4 Å². The van der Waals surface area contributed by atoms with Crippen molar-refractivity contribution >= 4 is 41.7 Å². The number of ether oxygens (including phenoxy) is 6. The summed E-state index contributed by atoms with van der Waals surface area (Å²) in [6.45, 7) is 4.97. The van der Waals surface area contributed by atoms with Crippen molar-refractivity contribution in [3.63, 3.8) is 0 Å². The molecule has 15 heteroatoms. The molecule has 2 amide bonds. The molecule has 2 unspecified atom stereocenters. The maximum Gasteiger partial charge on any atom is 0.407 e. The maximum atomic E-state index is 13.3. The molecule has 262 valence electrons. The molecule has 2 aliphatic rings. The van der Waals surface area contributed by atoms with E-state index >= 15 is 0 Å². The van der Waals surface area contributed by atoms with E-state index in [2.05, 4.69) is 10.6 Å². The number of hydrogen-bond donors (Lipinski definition) is 2. The average Bonchev–Trinajstić information content (AvgIpc) is 3.34. The lowest BCUT2D eigenvalue weighted by atomic mass is 9.97. The molecule has 0 bridgehead atoms. The lowest BCUT2D eigenvalue weighted by molar-refractivity contribution is -0.257. The molecule has 6 atom stereocenters. The Hall–Kier alpha value is -5.31. The number of benzene rings is 2. The van der Waals surface area contributed by atoms with Gasteiger partial charge in [-0.3, -0.25) is 28.8 Å². The van der Waals surface area contributed by atoms with Gasteiger partial charge in [0, 0.05) is 33.6 Å². The lowest BCUT2D eigenvalue weighted by Gasteiger charge is -2.44. The van der Waals surface area contributed by atoms with Crippen LogP contribution in [0.15, 0.2) is 48.5 Å². The molecule has 15 nitrogen and oxygen atoms in total. The van der Waals surface area contributed by atoms with Crippen LogP contribution in [0.2, 0.25) is 0 Å². The highest BCUT2D eigenvalue weighted by atomic mass is 16.7. The number of rotatable bonds is 12. The van der Waals surface area contributed by atoms with Gasteiger partial charge >= 0.3 is 30.0 Å². The fourth-order valence-corrected chi connectivity index (χ4v) is 5.83. The summed E-state index contributed by atoms with van der Waals surface area (Å²) in [5.41, 5.74) is 4.05. The van der Waals surface area contributed by atoms with Crippen LogP contribution in [0, 0.1) is 0 Å². The summed E-state index contributed by atoms with van der Waals surface area (Å²) in [7, 11) is 0. The number of alkyl carbamates (subject to hydrolysis) is 1. The van der Waals surface area contributed by atoms with E-state index in [0.29, 0.717) is 0 Å². The van der Waals surface area contributed by atoms with Crippen molar-refractivity contribution in [2.45, 2.75) is 83.6 Å². The van der Waals surface area contributed by atoms with Crippen LogP contribution in [-0.2, 0) is 57.2 Å². The van der Waals surface area contributed by atoms with Gasteiger partial charge in [0.05, 0.1) is 12.5 Å². The van der Waals surface area contributed by atoms with Gasteiger partial charge in [-0.05, 0) is 29.2 Å². The Bertz CT molecular complexity index is 1560. The fourth-order valence-electron chi connectivity index (χ4n) is 5.83. The van der Waals surface area contributed by atoms with Gasteiger partial charge in [0.2, 0.25) is 5.91 Å². The van der Waals surface area contributed by atoms with Gasteiger partial charge in [-0.2, -0.15) is 0 Å². The summed E-state index contributed by atoms with van der Waals surface area (Å²) < 4.78 is 32.4. The summed E-state index contributed by atoms with van der Waals surface area (Å²) in [6, 6.07) is 14.2. The minimum absolute atomic E-state index is 0.0264. The Morgan fingerprint density at radius 2 is 1.20 bits per heavy atom. The highest BCUT2D eigenvalue weighted by molar-refractivity contribution is 5.91. The molecule has 1 heterocycles. The van der Waals surface area contributed by atoms with E-state index in [0.717, 1.165) is 49.9 Å². The zero-order valence-corrected chi connectivity index (χ0v) is 27.6. The number of esters is 4. The first-order valence-corrected chi connectivity index (χ1v) is 15.5. The van der Waals surface area contributed by atoms with E-state index in [-0.39, 0.29) is 12.5 Å². The van der Waals surface area contributed by atoms with Gasteiger partial charge in [-0.1, -0.05) is 48.5 Å². The first-order chi connectivity index (χ1) is 23.2. The predicted molar refractivity (Wildman–Crippen MR) is 167 cm³/mol. The second kappa shape index (κ2) is 16.2. The summed E-state index contributed by atoms with van der Waals surface area (Å²) in [5.74, 6) is -4.87. The van der Waals surface area contributed by atoms with Crippen LogP contribution in [0.3, 0.4) is 0 Å². The van der Waals surface area contributed by atoms with Crippen LogP contribution in [0.4, 0.5) is 4.79 Å². The van der Waals surface area contributed by atoms with Gasteiger partial charge in [-0.25, -0.2) is 4.79 Å². The number of amides is 2. The maximum absolute atomic E-state index is 13.3. The van der Waals surface area contributed by atoms with Crippen molar-refractivity contribution in [3.05, 3.63) is 59.7 Å². The third kappa shape index (κ3) is 9.41. The van der Waals surface area contributed by atoms with Crippen molar-refractivity contribution in [1.29, 1.82) is 0 Å². The fraction of sp³-hybridized carbons (Fsp3) is 0.441. The predicted octanol–water partition coefficient (Wildman–Crippen LogP) is 2.07. The quantitative estimate of drug-likeness (QED) is 0.244. The van der Waals surface area contributed by atoms with Crippen LogP contribution in [0.25, 0.3) is 11.1 Å². The van der Waals surface area contributed by atoms with Crippen LogP contribution in [-0.4, -0.2) is 91.6 Å². The largest absolute Gasteiger partial charge is 0.463 e. The van der Waals surface area contributed by atoms with Crippen LogP contribution < -0.4 is 10.6 Å². The molecule has 2 N–H and O–H groups in total.